The van der Waals surface area contributed by atoms with Crippen LogP contribution in [-0.4, -0.2) is 50.7 Å². The summed E-state index contributed by atoms with van der Waals surface area (Å²) >= 11 is 0. The first-order valence-corrected chi connectivity index (χ1v) is 8.01. The van der Waals surface area contributed by atoms with Crippen LogP contribution in [0.5, 0.6) is 0 Å². The van der Waals surface area contributed by atoms with Crippen LogP contribution in [0.3, 0.4) is 0 Å². The molecule has 1 aliphatic rings. The van der Waals surface area contributed by atoms with Gasteiger partial charge in [-0.25, -0.2) is 0 Å². The van der Waals surface area contributed by atoms with Gasteiger partial charge in [-0.2, -0.15) is 0 Å². The molecule has 3 heteroatoms. The van der Waals surface area contributed by atoms with Crippen molar-refractivity contribution in [3.8, 4) is 0 Å². The monoisotopic (exact) mass is 275 g/mol. The zero-order valence-electron chi connectivity index (χ0n) is 13.0. The van der Waals surface area contributed by atoms with Gasteiger partial charge in [0, 0.05) is 25.3 Å². The molecule has 0 unspecified atom stereocenters. The number of nitrogens with one attached hydrogen (secondary N) is 1. The molecule has 2 rings (SSSR count). The molecule has 1 aromatic carbocycles. The third-order valence-corrected chi connectivity index (χ3v) is 4.34. The van der Waals surface area contributed by atoms with Crippen molar-refractivity contribution in [3.63, 3.8) is 0 Å². The predicted molar refractivity (Wildman–Crippen MR) is 87.5 cm³/mol. The molecular formula is C17H29N3. The van der Waals surface area contributed by atoms with Gasteiger partial charge >= 0.3 is 0 Å². The van der Waals surface area contributed by atoms with Gasteiger partial charge in [-0.3, -0.25) is 0 Å². The van der Waals surface area contributed by atoms with E-state index in [1.54, 1.807) is 0 Å². The number of likely N-dealkylation sites (tertiary alicyclic amines) is 1. The van der Waals surface area contributed by atoms with Crippen molar-refractivity contribution in [2.45, 2.75) is 32.2 Å². The van der Waals surface area contributed by atoms with Crippen LogP contribution in [0.1, 0.15) is 26.2 Å². The molecule has 0 saturated carbocycles. The number of nitrogens with zero attached hydrogens (tertiary/aromatic N) is 2. The van der Waals surface area contributed by atoms with Gasteiger partial charge in [-0.05, 0) is 57.6 Å². The van der Waals surface area contributed by atoms with Crippen molar-refractivity contribution in [2.24, 2.45) is 0 Å². The second-order valence-electron chi connectivity index (χ2n) is 5.77. The number of hydrogen-bond acceptors (Lipinski definition) is 3. The van der Waals surface area contributed by atoms with E-state index in [2.05, 4.69) is 59.4 Å². The Kier molecular flexibility index (Phi) is 6.34. The molecule has 1 heterocycles. The number of piperidine rings is 1. The number of rotatable bonds is 7. The van der Waals surface area contributed by atoms with Crippen molar-refractivity contribution in [1.82, 2.24) is 10.2 Å². The number of benzene rings is 1. The standard InChI is InChI=1S/C17H29N3/c1-3-20-14-10-16(11-15-20)18-12-7-13-19(2)17-8-5-4-6-9-17/h4-6,8-9,16,18H,3,7,10-15H2,1-2H3. The summed E-state index contributed by atoms with van der Waals surface area (Å²) in [5.74, 6) is 0. The van der Waals surface area contributed by atoms with E-state index in [1.807, 2.05) is 0 Å². The zero-order chi connectivity index (χ0) is 14.2. The molecule has 0 aromatic heterocycles. The number of hydrogen-bond donors (Lipinski definition) is 1. The summed E-state index contributed by atoms with van der Waals surface area (Å²) in [6.07, 6.45) is 3.82. The van der Waals surface area contributed by atoms with Crippen molar-refractivity contribution >= 4 is 5.69 Å². The Morgan fingerprint density at radius 1 is 1.20 bits per heavy atom. The maximum Gasteiger partial charge on any atom is 0.0363 e. The van der Waals surface area contributed by atoms with Crippen LogP contribution in [0.15, 0.2) is 30.3 Å². The predicted octanol–water partition coefficient (Wildman–Crippen LogP) is 2.59. The largest absolute Gasteiger partial charge is 0.375 e. The Morgan fingerprint density at radius 3 is 2.55 bits per heavy atom. The second-order valence-corrected chi connectivity index (χ2v) is 5.77. The van der Waals surface area contributed by atoms with Gasteiger partial charge in [-0.1, -0.05) is 25.1 Å². The highest BCUT2D eigenvalue weighted by Gasteiger charge is 2.16. The van der Waals surface area contributed by atoms with Gasteiger partial charge in [0.05, 0.1) is 0 Å². The molecule has 1 fully saturated rings. The van der Waals surface area contributed by atoms with E-state index >= 15 is 0 Å². The molecule has 1 N–H and O–H groups in total. The first-order chi connectivity index (χ1) is 9.79. The van der Waals surface area contributed by atoms with Crippen LogP contribution in [0.25, 0.3) is 0 Å². The summed E-state index contributed by atoms with van der Waals surface area (Å²) in [6, 6.07) is 11.4. The summed E-state index contributed by atoms with van der Waals surface area (Å²) in [5.41, 5.74) is 1.31. The van der Waals surface area contributed by atoms with E-state index in [4.69, 9.17) is 0 Å². The van der Waals surface area contributed by atoms with E-state index < -0.39 is 0 Å². The quantitative estimate of drug-likeness (QED) is 0.772. The molecule has 112 valence electrons. The Morgan fingerprint density at radius 2 is 1.90 bits per heavy atom. The molecule has 3 nitrogen and oxygen atoms in total. The molecule has 20 heavy (non-hydrogen) atoms. The molecule has 1 saturated heterocycles. The highest BCUT2D eigenvalue weighted by atomic mass is 15.1. The summed E-state index contributed by atoms with van der Waals surface area (Å²) in [4.78, 5) is 4.88. The topological polar surface area (TPSA) is 18.5 Å². The minimum absolute atomic E-state index is 0.736. The fourth-order valence-electron chi connectivity index (χ4n) is 2.89. The van der Waals surface area contributed by atoms with Crippen molar-refractivity contribution in [2.75, 3.05) is 44.7 Å². The van der Waals surface area contributed by atoms with Gasteiger partial charge in [0.15, 0.2) is 0 Å². The molecule has 0 bridgehead atoms. The summed E-state index contributed by atoms with van der Waals surface area (Å²) in [7, 11) is 2.18. The minimum atomic E-state index is 0.736. The lowest BCUT2D eigenvalue weighted by Crippen LogP contribution is -2.42. The SMILES string of the molecule is CCN1CCC(NCCCN(C)c2ccccc2)CC1. The Balaban J connectivity index is 1.58. The van der Waals surface area contributed by atoms with Gasteiger partial charge in [0.2, 0.25) is 0 Å². The smallest absolute Gasteiger partial charge is 0.0363 e. The third kappa shape index (κ3) is 4.80. The second kappa shape index (κ2) is 8.28. The average Bonchev–Trinajstić information content (AvgIpc) is 2.53. The van der Waals surface area contributed by atoms with Gasteiger partial charge in [0.25, 0.3) is 0 Å². The summed E-state index contributed by atoms with van der Waals surface area (Å²) < 4.78 is 0. The molecule has 1 aliphatic heterocycles. The Bertz CT molecular complexity index is 358. The van der Waals surface area contributed by atoms with Crippen molar-refractivity contribution in [1.29, 1.82) is 0 Å². The van der Waals surface area contributed by atoms with E-state index in [0.717, 1.165) is 19.1 Å². The maximum atomic E-state index is 3.72. The van der Waals surface area contributed by atoms with Crippen LogP contribution in [0.2, 0.25) is 0 Å². The lowest BCUT2D eigenvalue weighted by molar-refractivity contribution is 0.206. The van der Waals surface area contributed by atoms with Crippen molar-refractivity contribution in [3.05, 3.63) is 30.3 Å². The minimum Gasteiger partial charge on any atom is -0.375 e. The average molecular weight is 275 g/mol. The third-order valence-electron chi connectivity index (χ3n) is 4.34. The number of anilines is 1. The summed E-state index contributed by atoms with van der Waals surface area (Å²) in [5, 5.41) is 3.72. The molecule has 0 amide bonds. The van der Waals surface area contributed by atoms with Crippen LogP contribution < -0.4 is 10.2 Å². The maximum absolute atomic E-state index is 3.72. The highest BCUT2D eigenvalue weighted by Crippen LogP contribution is 2.12. The van der Waals surface area contributed by atoms with Crippen LogP contribution in [0.4, 0.5) is 5.69 Å². The Labute approximate surface area is 124 Å². The fraction of sp³-hybridized carbons (Fsp3) is 0.647. The molecular weight excluding hydrogens is 246 g/mol. The fourth-order valence-corrected chi connectivity index (χ4v) is 2.89. The van der Waals surface area contributed by atoms with Crippen LogP contribution >= 0.6 is 0 Å². The van der Waals surface area contributed by atoms with Gasteiger partial charge < -0.3 is 15.1 Å². The normalized spacial score (nSPS) is 17.3. The zero-order valence-corrected chi connectivity index (χ0v) is 13.0. The molecule has 0 spiro atoms. The first kappa shape index (κ1) is 15.3. The lowest BCUT2D eigenvalue weighted by atomic mass is 10.1. The van der Waals surface area contributed by atoms with Gasteiger partial charge in [0.1, 0.15) is 0 Å². The molecule has 0 aliphatic carbocycles. The Hall–Kier alpha value is -1.06. The van der Waals surface area contributed by atoms with E-state index in [0.29, 0.717) is 0 Å². The molecule has 0 atom stereocenters. The highest BCUT2D eigenvalue weighted by molar-refractivity contribution is 5.44. The molecule has 1 aromatic rings. The summed E-state index contributed by atoms with van der Waals surface area (Å²) in [6.45, 7) is 8.23. The number of para-hydroxylation sites is 1. The van der Waals surface area contributed by atoms with E-state index in [1.165, 1.54) is 44.6 Å². The van der Waals surface area contributed by atoms with Crippen LogP contribution in [0, 0.1) is 0 Å². The lowest BCUT2D eigenvalue weighted by Gasteiger charge is -2.31. The van der Waals surface area contributed by atoms with Crippen LogP contribution in [-0.2, 0) is 0 Å². The van der Waals surface area contributed by atoms with Gasteiger partial charge in [-0.15, -0.1) is 0 Å². The molecule has 0 radical (unpaired) electrons. The van der Waals surface area contributed by atoms with E-state index in [-0.39, 0.29) is 0 Å². The van der Waals surface area contributed by atoms with Crippen molar-refractivity contribution < 1.29 is 0 Å². The first-order valence-electron chi connectivity index (χ1n) is 8.01. The van der Waals surface area contributed by atoms with E-state index in [9.17, 15) is 0 Å².